The zero-order chi connectivity index (χ0) is 18.7. The summed E-state index contributed by atoms with van der Waals surface area (Å²) in [7, 11) is 0. The van der Waals surface area contributed by atoms with E-state index >= 15 is 0 Å². The van der Waals surface area contributed by atoms with Crippen molar-refractivity contribution in [1.82, 2.24) is 20.2 Å². The second kappa shape index (κ2) is 7.51. The number of nitriles is 1. The van der Waals surface area contributed by atoms with Crippen molar-refractivity contribution in [2.24, 2.45) is 10.9 Å². The van der Waals surface area contributed by atoms with Gasteiger partial charge in [0.15, 0.2) is 5.92 Å². The van der Waals surface area contributed by atoms with Gasteiger partial charge in [-0.1, -0.05) is 25.7 Å². The quantitative estimate of drug-likeness (QED) is 0.804. The third-order valence-corrected chi connectivity index (χ3v) is 5.88. The van der Waals surface area contributed by atoms with Gasteiger partial charge in [-0.05, 0) is 18.9 Å². The average Bonchev–Trinajstić information content (AvgIpc) is 2.94. The molecule has 0 aromatic carbocycles. The largest absolute Gasteiger partial charge is 0.339 e. The second-order valence-electron chi connectivity index (χ2n) is 7.53. The van der Waals surface area contributed by atoms with E-state index < -0.39 is 11.5 Å². The summed E-state index contributed by atoms with van der Waals surface area (Å²) in [6.07, 6.45) is 9.50. The number of piperazine rings is 1. The van der Waals surface area contributed by atoms with E-state index in [9.17, 15) is 10.1 Å². The van der Waals surface area contributed by atoms with Crippen LogP contribution in [-0.4, -0.2) is 58.5 Å². The van der Waals surface area contributed by atoms with Gasteiger partial charge in [-0.15, -0.1) is 0 Å². The van der Waals surface area contributed by atoms with Gasteiger partial charge >= 0.3 is 0 Å². The van der Waals surface area contributed by atoms with Gasteiger partial charge in [-0.3, -0.25) is 10.1 Å². The first kappa shape index (κ1) is 17.7. The Kier molecular flexibility index (Phi) is 4.92. The molecule has 27 heavy (non-hydrogen) atoms. The molecule has 1 N–H and O–H groups in total. The van der Waals surface area contributed by atoms with Crippen LogP contribution in [0.5, 0.6) is 0 Å². The summed E-state index contributed by atoms with van der Waals surface area (Å²) in [5, 5.41) is 12.5. The molecule has 3 aliphatic rings. The summed E-state index contributed by atoms with van der Waals surface area (Å²) in [6, 6.07) is 4.04. The van der Waals surface area contributed by atoms with Crippen LogP contribution in [0.1, 0.15) is 38.5 Å². The molecule has 2 fully saturated rings. The summed E-state index contributed by atoms with van der Waals surface area (Å²) >= 11 is 0. The molecule has 1 aromatic rings. The number of hydrogen-bond donors (Lipinski definition) is 1. The van der Waals surface area contributed by atoms with Crippen molar-refractivity contribution in [2.75, 3.05) is 31.1 Å². The molecule has 0 bridgehead atoms. The summed E-state index contributed by atoms with van der Waals surface area (Å²) in [5.41, 5.74) is -0.553. The summed E-state index contributed by atoms with van der Waals surface area (Å²) < 4.78 is 0. The normalized spacial score (nSPS) is 25.4. The number of rotatable bonds is 1. The van der Waals surface area contributed by atoms with Crippen molar-refractivity contribution in [1.29, 1.82) is 5.26 Å². The van der Waals surface area contributed by atoms with E-state index in [-0.39, 0.29) is 5.91 Å². The highest BCUT2D eigenvalue weighted by atomic mass is 16.2. The molecule has 4 rings (SSSR count). The zero-order valence-corrected chi connectivity index (χ0v) is 15.5. The second-order valence-corrected chi connectivity index (χ2v) is 7.53. The third kappa shape index (κ3) is 3.46. The number of guanidine groups is 1. The maximum Gasteiger partial charge on any atom is 0.246 e. The lowest BCUT2D eigenvalue weighted by molar-refractivity contribution is -0.124. The van der Waals surface area contributed by atoms with Crippen LogP contribution in [0.25, 0.3) is 0 Å². The van der Waals surface area contributed by atoms with E-state index in [1.807, 2.05) is 6.07 Å². The molecule has 1 spiro atoms. The van der Waals surface area contributed by atoms with Gasteiger partial charge in [0.25, 0.3) is 0 Å². The number of anilines is 1. The molecule has 1 saturated heterocycles. The maximum absolute atomic E-state index is 12.7. The number of amides is 1. The fourth-order valence-corrected chi connectivity index (χ4v) is 4.37. The van der Waals surface area contributed by atoms with Crippen LogP contribution in [-0.2, 0) is 4.79 Å². The predicted octanol–water partition coefficient (Wildman–Crippen LogP) is 1.32. The van der Waals surface area contributed by atoms with E-state index in [0.717, 1.165) is 70.7 Å². The Morgan fingerprint density at radius 1 is 1.04 bits per heavy atom. The zero-order valence-electron chi connectivity index (χ0n) is 15.5. The average molecular weight is 367 g/mol. The first-order valence-corrected chi connectivity index (χ1v) is 9.79. The van der Waals surface area contributed by atoms with Crippen molar-refractivity contribution in [2.45, 2.75) is 44.1 Å². The summed E-state index contributed by atoms with van der Waals surface area (Å²) in [5.74, 6) is 0.496. The number of aliphatic imine (C=N–C) groups is 1. The third-order valence-electron chi connectivity index (χ3n) is 5.88. The minimum Gasteiger partial charge on any atom is -0.339 e. The molecule has 1 aromatic heterocycles. The van der Waals surface area contributed by atoms with Gasteiger partial charge in [0.05, 0.1) is 11.6 Å². The Labute approximate surface area is 159 Å². The van der Waals surface area contributed by atoms with Crippen LogP contribution in [0.15, 0.2) is 23.5 Å². The highest BCUT2D eigenvalue weighted by molar-refractivity contribution is 6.02. The number of carbonyl (C=O) groups is 1. The van der Waals surface area contributed by atoms with Gasteiger partial charge in [0.1, 0.15) is 0 Å². The molecular formula is C19H25N7O. The van der Waals surface area contributed by atoms with Gasteiger partial charge in [-0.2, -0.15) is 5.26 Å². The van der Waals surface area contributed by atoms with Crippen molar-refractivity contribution < 1.29 is 4.79 Å². The molecule has 1 amide bonds. The fraction of sp³-hybridized carbons (Fsp3) is 0.632. The van der Waals surface area contributed by atoms with Crippen LogP contribution in [0, 0.1) is 17.2 Å². The first-order chi connectivity index (χ1) is 13.2. The molecule has 0 radical (unpaired) electrons. The first-order valence-electron chi connectivity index (χ1n) is 9.79. The Hall–Kier alpha value is -2.69. The van der Waals surface area contributed by atoms with E-state index in [1.165, 1.54) is 0 Å². The van der Waals surface area contributed by atoms with Gasteiger partial charge < -0.3 is 9.80 Å². The van der Waals surface area contributed by atoms with E-state index in [0.29, 0.717) is 5.96 Å². The molecule has 1 atom stereocenters. The SMILES string of the molecule is N#C[C@@H]1C(=O)NC(N2CCN(c3ncccn3)CC2)=NC12CCCCCC2. The lowest BCUT2D eigenvalue weighted by atomic mass is 9.77. The van der Waals surface area contributed by atoms with Crippen molar-refractivity contribution in [3.8, 4) is 6.07 Å². The number of carbonyl (C=O) groups excluding carboxylic acids is 1. The van der Waals surface area contributed by atoms with Crippen LogP contribution < -0.4 is 10.2 Å². The Balaban J connectivity index is 1.52. The van der Waals surface area contributed by atoms with E-state index in [2.05, 4.69) is 31.2 Å². The van der Waals surface area contributed by atoms with Crippen LogP contribution >= 0.6 is 0 Å². The molecule has 1 saturated carbocycles. The highest BCUT2D eigenvalue weighted by Crippen LogP contribution is 2.39. The molecular weight excluding hydrogens is 342 g/mol. The number of nitrogens with zero attached hydrogens (tertiary/aromatic N) is 6. The van der Waals surface area contributed by atoms with Crippen molar-refractivity contribution in [3.05, 3.63) is 18.5 Å². The molecule has 1 aliphatic carbocycles. The highest BCUT2D eigenvalue weighted by Gasteiger charge is 2.47. The van der Waals surface area contributed by atoms with Gasteiger partial charge in [-0.25, -0.2) is 15.0 Å². The summed E-state index contributed by atoms with van der Waals surface area (Å²) in [4.78, 5) is 30.6. The molecule has 8 nitrogen and oxygen atoms in total. The Morgan fingerprint density at radius 2 is 1.67 bits per heavy atom. The van der Waals surface area contributed by atoms with Gasteiger partial charge in [0, 0.05) is 38.6 Å². The van der Waals surface area contributed by atoms with Crippen LogP contribution in [0.4, 0.5) is 5.95 Å². The monoisotopic (exact) mass is 367 g/mol. The van der Waals surface area contributed by atoms with Crippen LogP contribution in [0.2, 0.25) is 0 Å². The number of aromatic nitrogens is 2. The van der Waals surface area contributed by atoms with Crippen molar-refractivity contribution in [3.63, 3.8) is 0 Å². The predicted molar refractivity (Wildman–Crippen MR) is 101 cm³/mol. The minimum absolute atomic E-state index is 0.196. The van der Waals surface area contributed by atoms with Gasteiger partial charge in [0.2, 0.25) is 17.8 Å². The molecule has 3 heterocycles. The lowest BCUT2D eigenvalue weighted by Crippen LogP contribution is -2.60. The summed E-state index contributed by atoms with van der Waals surface area (Å²) in [6.45, 7) is 3.02. The molecule has 142 valence electrons. The Bertz CT molecular complexity index is 741. The molecule has 2 aliphatic heterocycles. The molecule has 8 heteroatoms. The van der Waals surface area contributed by atoms with Crippen LogP contribution in [0.3, 0.4) is 0 Å². The number of nitrogens with one attached hydrogen (secondary N) is 1. The number of hydrogen-bond acceptors (Lipinski definition) is 7. The fourth-order valence-electron chi connectivity index (χ4n) is 4.37. The smallest absolute Gasteiger partial charge is 0.246 e. The molecule has 0 unspecified atom stereocenters. The standard InChI is InChI=1S/C19H25N7O/c20-14-15-16(27)23-18(24-19(15)6-3-1-2-4-7-19)26-12-10-25(11-13-26)17-21-8-5-9-22-17/h5,8-9,15H,1-4,6-7,10-13H2,(H,23,24,27)/t15-/m1/s1. The topological polar surface area (TPSA) is 97.5 Å². The van der Waals surface area contributed by atoms with Crippen molar-refractivity contribution >= 4 is 17.8 Å². The van der Waals surface area contributed by atoms with E-state index in [4.69, 9.17) is 4.99 Å². The minimum atomic E-state index is -0.682. The lowest BCUT2D eigenvalue weighted by Gasteiger charge is -2.42. The van der Waals surface area contributed by atoms with E-state index in [1.54, 1.807) is 12.4 Å². The Morgan fingerprint density at radius 3 is 2.30 bits per heavy atom. The maximum atomic E-state index is 12.7.